The van der Waals surface area contributed by atoms with Crippen molar-refractivity contribution in [1.29, 1.82) is 0 Å². The summed E-state index contributed by atoms with van der Waals surface area (Å²) in [4.78, 5) is 2.33. The summed E-state index contributed by atoms with van der Waals surface area (Å²) in [6.07, 6.45) is 4.55. The summed E-state index contributed by atoms with van der Waals surface area (Å²) in [5, 5.41) is 3.87. The van der Waals surface area contributed by atoms with E-state index in [-0.39, 0.29) is 0 Å². The maximum absolute atomic E-state index is 5.16. The molecule has 1 fully saturated rings. The largest absolute Gasteiger partial charge is 0.357 e. The predicted octanol–water partition coefficient (Wildman–Crippen LogP) is 2.09. The summed E-state index contributed by atoms with van der Waals surface area (Å²) in [5.41, 5.74) is 2.39. The van der Waals surface area contributed by atoms with Crippen molar-refractivity contribution >= 4 is 6.08 Å². The summed E-state index contributed by atoms with van der Waals surface area (Å²) < 4.78 is 5.16. The Morgan fingerprint density at radius 2 is 2.43 bits per heavy atom. The minimum atomic E-state index is 0.882. The van der Waals surface area contributed by atoms with Crippen molar-refractivity contribution in [3.05, 3.63) is 23.1 Å². The van der Waals surface area contributed by atoms with E-state index < -0.39 is 0 Å². The number of likely N-dealkylation sites (N-methyl/N-ethyl adjacent to an activating group) is 1. The first-order valence-electron chi connectivity index (χ1n) is 5.05. The molecule has 0 radical (unpaired) electrons. The Balaban J connectivity index is 2.09. The molecule has 2 rings (SSSR count). The van der Waals surface area contributed by atoms with Crippen LogP contribution in [0.15, 0.2) is 16.2 Å². The van der Waals surface area contributed by atoms with Gasteiger partial charge in [-0.2, -0.15) is 0 Å². The molecule has 0 amide bonds. The first-order chi connectivity index (χ1) is 6.74. The van der Waals surface area contributed by atoms with Crippen molar-refractivity contribution in [3.63, 3.8) is 0 Å². The number of likely N-dealkylation sites (tertiary alicyclic amines) is 1. The highest BCUT2D eigenvalue weighted by Crippen LogP contribution is 2.17. The molecule has 3 heteroatoms. The summed E-state index contributed by atoms with van der Waals surface area (Å²) in [6, 6.07) is 1.97. The fourth-order valence-corrected chi connectivity index (χ4v) is 1.85. The van der Waals surface area contributed by atoms with Crippen LogP contribution in [0.3, 0.4) is 0 Å². The van der Waals surface area contributed by atoms with E-state index in [0.29, 0.717) is 0 Å². The van der Waals surface area contributed by atoms with Crippen LogP contribution in [0.2, 0.25) is 0 Å². The molecule has 0 aromatic carbocycles. The second-order valence-corrected chi connectivity index (χ2v) is 4.01. The highest BCUT2D eigenvalue weighted by Gasteiger charge is 2.10. The van der Waals surface area contributed by atoms with Gasteiger partial charge in [0.25, 0.3) is 0 Å². The van der Waals surface area contributed by atoms with Gasteiger partial charge >= 0.3 is 0 Å². The first-order valence-corrected chi connectivity index (χ1v) is 5.05. The summed E-state index contributed by atoms with van der Waals surface area (Å²) >= 11 is 0. The third-order valence-electron chi connectivity index (χ3n) is 2.50. The normalized spacial score (nSPS) is 21.7. The molecule has 14 heavy (non-hydrogen) atoms. The van der Waals surface area contributed by atoms with E-state index in [1.165, 1.54) is 25.0 Å². The molecule has 2 heterocycles. The molecule has 0 atom stereocenters. The maximum Gasteiger partial charge on any atom is 0.159 e. The quantitative estimate of drug-likeness (QED) is 0.682. The second kappa shape index (κ2) is 3.96. The summed E-state index contributed by atoms with van der Waals surface area (Å²) in [6.45, 7) is 4.20. The molecule has 1 aliphatic rings. The molecule has 3 nitrogen and oxygen atoms in total. The fourth-order valence-electron chi connectivity index (χ4n) is 1.85. The molecule has 1 aromatic heterocycles. The van der Waals surface area contributed by atoms with E-state index in [1.807, 2.05) is 13.0 Å². The lowest BCUT2D eigenvalue weighted by molar-refractivity contribution is 0.323. The van der Waals surface area contributed by atoms with Crippen molar-refractivity contribution in [3.8, 4) is 0 Å². The minimum Gasteiger partial charge on any atom is -0.357 e. The summed E-state index contributed by atoms with van der Waals surface area (Å²) in [7, 11) is 2.15. The molecule has 0 spiro atoms. The van der Waals surface area contributed by atoms with Gasteiger partial charge in [0.05, 0.1) is 5.69 Å². The molecule has 1 aromatic rings. The van der Waals surface area contributed by atoms with Gasteiger partial charge < -0.3 is 9.42 Å². The Labute approximate surface area is 84.4 Å². The standard InChI is InChI=1S/C11H16N2O/c1-9-6-11(14-12-9)7-10-4-3-5-13(2)8-10/h6-7H,3-5,8H2,1-2H3/b10-7+. The van der Waals surface area contributed by atoms with Crippen LogP contribution in [-0.4, -0.2) is 30.2 Å². The van der Waals surface area contributed by atoms with Crippen LogP contribution in [0.25, 0.3) is 6.08 Å². The maximum atomic E-state index is 5.16. The van der Waals surface area contributed by atoms with E-state index in [4.69, 9.17) is 4.52 Å². The monoisotopic (exact) mass is 192 g/mol. The molecule has 1 saturated heterocycles. The lowest BCUT2D eigenvalue weighted by Gasteiger charge is -2.23. The highest BCUT2D eigenvalue weighted by atomic mass is 16.5. The molecule has 0 N–H and O–H groups in total. The van der Waals surface area contributed by atoms with Crippen molar-refractivity contribution in [2.45, 2.75) is 19.8 Å². The molecule has 1 aliphatic heterocycles. The van der Waals surface area contributed by atoms with Crippen molar-refractivity contribution in [2.24, 2.45) is 0 Å². The van der Waals surface area contributed by atoms with E-state index in [0.717, 1.165) is 18.0 Å². The van der Waals surface area contributed by atoms with Crippen molar-refractivity contribution in [2.75, 3.05) is 20.1 Å². The van der Waals surface area contributed by atoms with Gasteiger partial charge in [0.2, 0.25) is 0 Å². The Kier molecular flexibility index (Phi) is 2.68. The number of piperidine rings is 1. The molecular formula is C11H16N2O. The van der Waals surface area contributed by atoms with Crippen LogP contribution in [0.4, 0.5) is 0 Å². The Morgan fingerprint density at radius 3 is 3.07 bits per heavy atom. The number of rotatable bonds is 1. The Bertz CT molecular complexity index is 341. The van der Waals surface area contributed by atoms with E-state index in [1.54, 1.807) is 0 Å². The number of aromatic nitrogens is 1. The molecular weight excluding hydrogens is 176 g/mol. The SMILES string of the molecule is Cc1cc(/C=C2\CCCN(C)C2)on1. The average Bonchev–Trinajstić information content (AvgIpc) is 2.51. The van der Waals surface area contributed by atoms with Crippen LogP contribution in [0.1, 0.15) is 24.3 Å². The molecule has 0 saturated carbocycles. The van der Waals surface area contributed by atoms with Gasteiger partial charge in [-0.15, -0.1) is 0 Å². The highest BCUT2D eigenvalue weighted by molar-refractivity contribution is 5.48. The van der Waals surface area contributed by atoms with Crippen LogP contribution in [0, 0.1) is 6.92 Å². The third-order valence-corrected chi connectivity index (χ3v) is 2.50. The topological polar surface area (TPSA) is 29.3 Å². The molecule has 0 aliphatic carbocycles. The smallest absolute Gasteiger partial charge is 0.159 e. The Hall–Kier alpha value is -1.09. The van der Waals surface area contributed by atoms with Crippen LogP contribution in [-0.2, 0) is 0 Å². The van der Waals surface area contributed by atoms with Crippen LogP contribution < -0.4 is 0 Å². The van der Waals surface area contributed by atoms with Crippen LogP contribution >= 0.6 is 0 Å². The first kappa shape index (κ1) is 9.46. The van der Waals surface area contributed by atoms with Gasteiger partial charge in [0.1, 0.15) is 0 Å². The van der Waals surface area contributed by atoms with E-state index in [2.05, 4.69) is 23.2 Å². The van der Waals surface area contributed by atoms with Gasteiger partial charge in [-0.3, -0.25) is 0 Å². The van der Waals surface area contributed by atoms with Gasteiger partial charge in [0, 0.05) is 12.6 Å². The number of nitrogens with zero attached hydrogens (tertiary/aromatic N) is 2. The molecule has 0 bridgehead atoms. The van der Waals surface area contributed by atoms with Gasteiger partial charge in [-0.1, -0.05) is 10.7 Å². The lowest BCUT2D eigenvalue weighted by atomic mass is 10.0. The zero-order chi connectivity index (χ0) is 9.97. The van der Waals surface area contributed by atoms with Crippen molar-refractivity contribution < 1.29 is 4.52 Å². The fraction of sp³-hybridized carbons (Fsp3) is 0.545. The summed E-state index contributed by atoms with van der Waals surface area (Å²) in [5.74, 6) is 0.882. The lowest BCUT2D eigenvalue weighted by Crippen LogP contribution is -2.26. The van der Waals surface area contributed by atoms with Gasteiger partial charge in [-0.05, 0) is 39.4 Å². The van der Waals surface area contributed by atoms with Crippen molar-refractivity contribution in [1.82, 2.24) is 10.1 Å². The minimum absolute atomic E-state index is 0.882. The third kappa shape index (κ3) is 2.23. The zero-order valence-electron chi connectivity index (χ0n) is 8.79. The molecule has 0 unspecified atom stereocenters. The number of hydrogen-bond acceptors (Lipinski definition) is 3. The average molecular weight is 192 g/mol. The van der Waals surface area contributed by atoms with E-state index in [9.17, 15) is 0 Å². The van der Waals surface area contributed by atoms with Gasteiger partial charge in [-0.25, -0.2) is 0 Å². The number of aryl methyl sites for hydroxylation is 1. The number of hydrogen-bond donors (Lipinski definition) is 0. The Morgan fingerprint density at radius 1 is 1.57 bits per heavy atom. The zero-order valence-corrected chi connectivity index (χ0v) is 8.79. The van der Waals surface area contributed by atoms with E-state index >= 15 is 0 Å². The van der Waals surface area contributed by atoms with Gasteiger partial charge in [0.15, 0.2) is 5.76 Å². The molecule has 76 valence electrons. The van der Waals surface area contributed by atoms with Crippen LogP contribution in [0.5, 0.6) is 0 Å². The predicted molar refractivity (Wildman–Crippen MR) is 55.9 cm³/mol. The second-order valence-electron chi connectivity index (χ2n) is 4.01.